The SMILES string of the molecule is O=C(O)CN1C[C@@H]2[C@H](CNC(=O)c3ccccc3Cl)[C@H]3CC[C@]2(C1)O3. The van der Waals surface area contributed by atoms with Gasteiger partial charge in [0.15, 0.2) is 0 Å². The Morgan fingerprint density at radius 1 is 1.40 bits per heavy atom. The standard InChI is InChI=1S/C18H21ClN2O4/c19-14-4-2-1-3-11(14)17(24)20-7-12-13-8-21(9-16(22)23)10-18(13)6-5-15(12)25-18/h1-4,12-13,15H,5-10H2,(H,20,24)(H,22,23)/t12-,13+,15+,18+/m0/s1. The van der Waals surface area contributed by atoms with E-state index in [-0.39, 0.29) is 36.0 Å². The first kappa shape index (κ1) is 16.8. The lowest BCUT2D eigenvalue weighted by molar-refractivity contribution is -0.138. The van der Waals surface area contributed by atoms with Gasteiger partial charge in [0.2, 0.25) is 0 Å². The summed E-state index contributed by atoms with van der Waals surface area (Å²) in [6, 6.07) is 6.99. The zero-order valence-corrected chi connectivity index (χ0v) is 14.5. The Hall–Kier alpha value is -1.63. The van der Waals surface area contributed by atoms with Crippen LogP contribution in [0.2, 0.25) is 5.02 Å². The number of nitrogens with zero attached hydrogens (tertiary/aromatic N) is 1. The van der Waals surface area contributed by atoms with E-state index in [2.05, 4.69) is 5.32 Å². The fourth-order valence-corrected chi connectivity index (χ4v) is 5.04. The predicted molar refractivity (Wildman–Crippen MR) is 91.7 cm³/mol. The molecule has 3 aliphatic heterocycles. The second kappa shape index (κ2) is 6.27. The van der Waals surface area contributed by atoms with Crippen LogP contribution < -0.4 is 5.32 Å². The third kappa shape index (κ3) is 2.92. The van der Waals surface area contributed by atoms with Gasteiger partial charge in [0.05, 0.1) is 28.8 Å². The zero-order chi connectivity index (χ0) is 17.6. The molecule has 3 heterocycles. The summed E-state index contributed by atoms with van der Waals surface area (Å²) in [6.07, 6.45) is 2.11. The van der Waals surface area contributed by atoms with Gasteiger partial charge in [-0.25, -0.2) is 0 Å². The van der Waals surface area contributed by atoms with Crippen LogP contribution in [0.25, 0.3) is 0 Å². The number of aliphatic carboxylic acids is 1. The first-order valence-electron chi connectivity index (χ1n) is 8.63. The minimum Gasteiger partial charge on any atom is -0.480 e. The molecule has 7 heteroatoms. The van der Waals surface area contributed by atoms with Crippen LogP contribution in [0.4, 0.5) is 0 Å². The van der Waals surface area contributed by atoms with Crippen LogP contribution in [0.15, 0.2) is 24.3 Å². The first-order chi connectivity index (χ1) is 12.0. The number of benzene rings is 1. The van der Waals surface area contributed by atoms with Crippen LogP contribution in [0, 0.1) is 11.8 Å². The molecular weight excluding hydrogens is 344 g/mol. The van der Waals surface area contributed by atoms with Gasteiger partial charge < -0.3 is 15.2 Å². The molecule has 2 bridgehead atoms. The van der Waals surface area contributed by atoms with E-state index in [1.807, 2.05) is 4.90 Å². The van der Waals surface area contributed by atoms with Crippen molar-refractivity contribution >= 4 is 23.5 Å². The summed E-state index contributed by atoms with van der Waals surface area (Å²) in [4.78, 5) is 25.4. The third-order valence-corrected chi connectivity index (χ3v) is 6.16. The van der Waals surface area contributed by atoms with Crippen LogP contribution in [-0.2, 0) is 9.53 Å². The van der Waals surface area contributed by atoms with Gasteiger partial charge in [-0.2, -0.15) is 0 Å². The average Bonchev–Trinajstić information content (AvgIpc) is 3.20. The number of carbonyl (C=O) groups is 2. The Balaban J connectivity index is 1.42. The van der Waals surface area contributed by atoms with Gasteiger partial charge >= 0.3 is 5.97 Å². The summed E-state index contributed by atoms with van der Waals surface area (Å²) < 4.78 is 6.26. The Kier molecular flexibility index (Phi) is 4.22. The van der Waals surface area contributed by atoms with Crippen molar-refractivity contribution in [3.05, 3.63) is 34.9 Å². The highest BCUT2D eigenvalue weighted by molar-refractivity contribution is 6.33. The second-order valence-corrected chi connectivity index (χ2v) is 7.69. The molecule has 0 aromatic heterocycles. The van der Waals surface area contributed by atoms with Crippen molar-refractivity contribution in [1.29, 1.82) is 0 Å². The van der Waals surface area contributed by atoms with Crippen LogP contribution in [0.1, 0.15) is 23.2 Å². The lowest BCUT2D eigenvalue weighted by Crippen LogP contribution is -2.41. The second-order valence-electron chi connectivity index (χ2n) is 7.28. The van der Waals surface area contributed by atoms with E-state index in [0.29, 0.717) is 23.7 Å². The van der Waals surface area contributed by atoms with Gasteiger partial charge in [-0.15, -0.1) is 0 Å². The van der Waals surface area contributed by atoms with Crippen LogP contribution in [0.3, 0.4) is 0 Å². The number of carboxylic acid groups (broad SMARTS) is 1. The number of hydrogen-bond acceptors (Lipinski definition) is 4. The fraction of sp³-hybridized carbons (Fsp3) is 0.556. The highest BCUT2D eigenvalue weighted by Gasteiger charge is 2.62. The van der Waals surface area contributed by atoms with E-state index >= 15 is 0 Å². The third-order valence-electron chi connectivity index (χ3n) is 5.83. The molecule has 0 saturated carbocycles. The lowest BCUT2D eigenvalue weighted by atomic mass is 9.73. The molecule has 4 atom stereocenters. The van der Waals surface area contributed by atoms with Crippen LogP contribution >= 0.6 is 11.6 Å². The Labute approximate surface area is 151 Å². The van der Waals surface area contributed by atoms with Crippen molar-refractivity contribution in [2.24, 2.45) is 11.8 Å². The van der Waals surface area contributed by atoms with Crippen molar-refractivity contribution in [2.45, 2.75) is 24.5 Å². The molecule has 6 nitrogen and oxygen atoms in total. The molecule has 3 aliphatic rings. The fourth-order valence-electron chi connectivity index (χ4n) is 4.82. The number of ether oxygens (including phenoxy) is 1. The number of halogens is 1. The van der Waals surface area contributed by atoms with Gasteiger partial charge in [0, 0.05) is 31.5 Å². The number of nitrogens with one attached hydrogen (secondary N) is 1. The highest BCUT2D eigenvalue weighted by Crippen LogP contribution is 2.54. The van der Waals surface area contributed by atoms with E-state index in [0.717, 1.165) is 19.4 Å². The molecule has 0 unspecified atom stereocenters. The summed E-state index contributed by atoms with van der Waals surface area (Å²) in [5.74, 6) is -0.492. The van der Waals surface area contributed by atoms with Crippen LogP contribution in [0.5, 0.6) is 0 Å². The van der Waals surface area contributed by atoms with E-state index in [4.69, 9.17) is 21.4 Å². The number of carboxylic acids is 1. The number of fused-ring (bicyclic) bond motifs is 1. The number of hydrogen-bond donors (Lipinski definition) is 2. The molecule has 25 heavy (non-hydrogen) atoms. The highest BCUT2D eigenvalue weighted by atomic mass is 35.5. The normalized spacial score (nSPS) is 33.4. The Morgan fingerprint density at radius 2 is 2.20 bits per heavy atom. The molecule has 1 spiro atoms. The van der Waals surface area contributed by atoms with Crippen molar-refractivity contribution in [1.82, 2.24) is 10.2 Å². The van der Waals surface area contributed by atoms with E-state index < -0.39 is 5.97 Å². The van der Waals surface area contributed by atoms with Crippen molar-refractivity contribution in [3.8, 4) is 0 Å². The van der Waals surface area contributed by atoms with Gasteiger partial charge in [-0.05, 0) is 25.0 Å². The number of amides is 1. The van der Waals surface area contributed by atoms with E-state index in [9.17, 15) is 9.59 Å². The molecule has 2 N–H and O–H groups in total. The molecule has 1 amide bonds. The smallest absolute Gasteiger partial charge is 0.317 e. The molecule has 4 rings (SSSR count). The van der Waals surface area contributed by atoms with Gasteiger partial charge in [-0.1, -0.05) is 23.7 Å². The van der Waals surface area contributed by atoms with Gasteiger partial charge in [0.25, 0.3) is 5.91 Å². The lowest BCUT2D eigenvalue weighted by Gasteiger charge is -2.29. The van der Waals surface area contributed by atoms with Gasteiger partial charge in [-0.3, -0.25) is 14.5 Å². The maximum Gasteiger partial charge on any atom is 0.317 e. The Bertz CT molecular complexity index is 712. The maximum atomic E-state index is 12.4. The molecule has 1 aromatic carbocycles. The largest absolute Gasteiger partial charge is 0.480 e. The van der Waals surface area contributed by atoms with Crippen molar-refractivity contribution in [3.63, 3.8) is 0 Å². The summed E-state index contributed by atoms with van der Waals surface area (Å²) in [6.45, 7) is 1.97. The number of likely N-dealkylation sites (tertiary alicyclic amines) is 1. The number of rotatable bonds is 5. The van der Waals surface area contributed by atoms with Crippen molar-refractivity contribution < 1.29 is 19.4 Å². The topological polar surface area (TPSA) is 78.9 Å². The molecule has 134 valence electrons. The Morgan fingerprint density at radius 3 is 2.96 bits per heavy atom. The van der Waals surface area contributed by atoms with Gasteiger partial charge in [0.1, 0.15) is 0 Å². The monoisotopic (exact) mass is 364 g/mol. The minimum absolute atomic E-state index is 0.0466. The summed E-state index contributed by atoms with van der Waals surface area (Å²) in [5.41, 5.74) is 0.252. The zero-order valence-electron chi connectivity index (χ0n) is 13.8. The molecule has 0 radical (unpaired) electrons. The molecular formula is C18H21ClN2O4. The maximum absolute atomic E-state index is 12.4. The van der Waals surface area contributed by atoms with E-state index in [1.54, 1.807) is 24.3 Å². The quantitative estimate of drug-likeness (QED) is 0.830. The van der Waals surface area contributed by atoms with Crippen molar-refractivity contribution in [2.75, 3.05) is 26.2 Å². The number of carbonyl (C=O) groups excluding carboxylic acids is 1. The average molecular weight is 365 g/mol. The van der Waals surface area contributed by atoms with E-state index in [1.165, 1.54) is 0 Å². The van der Waals surface area contributed by atoms with Crippen LogP contribution in [-0.4, -0.2) is 59.8 Å². The summed E-state index contributed by atoms with van der Waals surface area (Å²) in [5, 5.41) is 12.5. The molecule has 0 aliphatic carbocycles. The predicted octanol–water partition coefficient (Wildman–Crippen LogP) is 1.63. The molecule has 1 aromatic rings. The summed E-state index contributed by atoms with van der Waals surface area (Å²) in [7, 11) is 0. The molecule has 3 saturated heterocycles. The minimum atomic E-state index is -0.811. The molecule has 3 fully saturated rings. The first-order valence-corrected chi connectivity index (χ1v) is 9.01. The summed E-state index contributed by atoms with van der Waals surface area (Å²) >= 11 is 6.09.